The largest absolute Gasteiger partial charge is 0.381 e. The second kappa shape index (κ2) is 10.7. The predicted molar refractivity (Wildman–Crippen MR) is 138 cm³/mol. The molecule has 0 bridgehead atoms. The second-order valence-electron chi connectivity index (χ2n) is 9.15. The van der Waals surface area contributed by atoms with Crippen LogP contribution in [0.3, 0.4) is 0 Å². The van der Waals surface area contributed by atoms with Crippen LogP contribution in [0, 0.1) is 12.8 Å². The van der Waals surface area contributed by atoms with Crippen molar-refractivity contribution in [1.29, 1.82) is 0 Å². The van der Waals surface area contributed by atoms with Gasteiger partial charge in [0.2, 0.25) is 0 Å². The Labute approximate surface area is 206 Å². The van der Waals surface area contributed by atoms with Gasteiger partial charge in [0.1, 0.15) is 0 Å². The fourth-order valence-electron chi connectivity index (χ4n) is 4.70. The van der Waals surface area contributed by atoms with Crippen molar-refractivity contribution >= 4 is 22.4 Å². The van der Waals surface area contributed by atoms with Crippen molar-refractivity contribution in [3.63, 3.8) is 0 Å². The number of nitrogens with one attached hydrogen (secondary N) is 1. The minimum absolute atomic E-state index is 0.0482. The van der Waals surface area contributed by atoms with Crippen LogP contribution in [0.5, 0.6) is 0 Å². The molecule has 1 amide bonds. The molecule has 178 valence electrons. The van der Waals surface area contributed by atoms with Crippen molar-refractivity contribution in [3.05, 3.63) is 102 Å². The molecule has 1 atom stereocenters. The van der Waals surface area contributed by atoms with Crippen molar-refractivity contribution in [2.24, 2.45) is 5.92 Å². The zero-order valence-electron chi connectivity index (χ0n) is 20.0. The third-order valence-electron chi connectivity index (χ3n) is 6.59. The number of rotatable bonds is 6. The van der Waals surface area contributed by atoms with Crippen LogP contribution < -0.4 is 5.32 Å². The Morgan fingerprint density at radius 1 is 1.09 bits per heavy atom. The summed E-state index contributed by atoms with van der Waals surface area (Å²) in [4.78, 5) is 23.9. The number of ether oxygens (including phenoxy) is 1. The number of hydrogen-bond acceptors (Lipinski definition) is 5. The van der Waals surface area contributed by atoms with Gasteiger partial charge in [-0.1, -0.05) is 30.3 Å². The summed E-state index contributed by atoms with van der Waals surface area (Å²) in [7, 11) is 0. The number of carbonyl (C=O) groups is 1. The maximum atomic E-state index is 13.5. The second-order valence-corrected chi connectivity index (χ2v) is 9.15. The quantitative estimate of drug-likeness (QED) is 0.439. The Morgan fingerprint density at radius 2 is 2.00 bits per heavy atom. The van der Waals surface area contributed by atoms with Crippen molar-refractivity contribution < 1.29 is 9.53 Å². The monoisotopic (exact) mass is 466 g/mol. The van der Waals surface area contributed by atoms with Crippen LogP contribution in [0.4, 0.5) is 5.69 Å². The Balaban J connectivity index is 1.30. The van der Waals surface area contributed by atoms with Crippen LogP contribution in [-0.4, -0.2) is 47.1 Å². The summed E-state index contributed by atoms with van der Waals surface area (Å²) in [5, 5.41) is 5.81. The minimum Gasteiger partial charge on any atom is -0.381 e. The summed E-state index contributed by atoms with van der Waals surface area (Å²) in [6.07, 6.45) is 8.21. The average Bonchev–Trinajstić information content (AvgIpc) is 3.14. The van der Waals surface area contributed by atoms with E-state index < -0.39 is 0 Å². The first-order valence-electron chi connectivity index (χ1n) is 12.1. The molecule has 2 aromatic carbocycles. The van der Waals surface area contributed by atoms with Crippen LogP contribution in [0.2, 0.25) is 0 Å². The van der Waals surface area contributed by atoms with Crippen LogP contribution in [0.1, 0.15) is 27.0 Å². The highest BCUT2D eigenvalue weighted by Crippen LogP contribution is 2.24. The molecule has 1 fully saturated rings. The van der Waals surface area contributed by atoms with Gasteiger partial charge in [0.15, 0.2) is 0 Å². The van der Waals surface area contributed by atoms with E-state index in [1.54, 1.807) is 6.20 Å². The van der Waals surface area contributed by atoms with E-state index in [0.29, 0.717) is 38.4 Å². The lowest BCUT2D eigenvalue weighted by molar-refractivity contribution is 0.0737. The molecule has 35 heavy (non-hydrogen) atoms. The zero-order chi connectivity index (χ0) is 24.0. The fraction of sp³-hybridized carbons (Fsp3) is 0.276. The van der Waals surface area contributed by atoms with Crippen LogP contribution in [0.15, 0.2) is 79.4 Å². The van der Waals surface area contributed by atoms with Crippen molar-refractivity contribution in [1.82, 2.24) is 14.9 Å². The van der Waals surface area contributed by atoms with Gasteiger partial charge in [0.25, 0.3) is 5.91 Å². The van der Waals surface area contributed by atoms with E-state index >= 15 is 0 Å². The average molecular weight is 467 g/mol. The number of anilines is 1. The van der Waals surface area contributed by atoms with Crippen molar-refractivity contribution in [2.75, 3.05) is 31.6 Å². The molecule has 1 unspecified atom stereocenters. The summed E-state index contributed by atoms with van der Waals surface area (Å²) in [6, 6.07) is 18.3. The summed E-state index contributed by atoms with van der Waals surface area (Å²) in [6.45, 7) is 5.19. The number of fused-ring (bicyclic) bond motifs is 1. The van der Waals surface area contributed by atoms with Crippen LogP contribution in [0.25, 0.3) is 10.8 Å². The number of aryl methyl sites for hydroxylation is 1. The van der Waals surface area contributed by atoms with Crippen molar-refractivity contribution in [2.45, 2.75) is 19.9 Å². The van der Waals surface area contributed by atoms with Gasteiger partial charge < -0.3 is 15.0 Å². The molecular weight excluding hydrogens is 436 g/mol. The maximum absolute atomic E-state index is 13.5. The highest BCUT2D eigenvalue weighted by atomic mass is 16.5. The molecule has 3 heterocycles. The summed E-state index contributed by atoms with van der Waals surface area (Å²) in [5.74, 6) is 0.279. The first-order chi connectivity index (χ1) is 17.2. The molecule has 0 radical (unpaired) electrons. The Bertz CT molecular complexity index is 1300. The predicted octanol–water partition coefficient (Wildman–Crippen LogP) is 4.88. The third-order valence-corrected chi connectivity index (χ3v) is 6.59. The standard InChI is InChI=1S/C29H30N4O2/c1-21-7-8-25(15-28(21)32-17-22-4-3-10-30-16-22)29(34)33-12-13-35-20-23(19-33)14-24-5-2-6-26-18-31-11-9-27(24)26/h2-11,15-16,18,23,32H,12-14,17,19-20H2,1H3. The lowest BCUT2D eigenvalue weighted by Gasteiger charge is -2.24. The number of pyridine rings is 2. The van der Waals surface area contributed by atoms with E-state index in [1.165, 1.54) is 10.9 Å². The smallest absolute Gasteiger partial charge is 0.254 e. The molecule has 5 rings (SSSR count). The lowest BCUT2D eigenvalue weighted by atomic mass is 9.95. The van der Waals surface area contributed by atoms with E-state index in [2.05, 4.69) is 46.5 Å². The lowest BCUT2D eigenvalue weighted by Crippen LogP contribution is -2.36. The number of nitrogens with zero attached hydrogens (tertiary/aromatic N) is 3. The van der Waals surface area contributed by atoms with Gasteiger partial charge in [0, 0.05) is 67.0 Å². The van der Waals surface area contributed by atoms with Crippen LogP contribution >= 0.6 is 0 Å². The van der Waals surface area contributed by atoms with Gasteiger partial charge >= 0.3 is 0 Å². The molecule has 6 heteroatoms. The Kier molecular flexibility index (Phi) is 7.00. The molecular formula is C29H30N4O2. The molecule has 1 saturated heterocycles. The first kappa shape index (κ1) is 23.0. The normalized spacial score (nSPS) is 16.1. The summed E-state index contributed by atoms with van der Waals surface area (Å²) >= 11 is 0. The minimum atomic E-state index is 0.0482. The van der Waals surface area contributed by atoms with Crippen LogP contribution in [-0.2, 0) is 17.7 Å². The van der Waals surface area contributed by atoms with Gasteiger partial charge in [-0.2, -0.15) is 0 Å². The number of aromatic nitrogens is 2. The van der Waals surface area contributed by atoms with Crippen molar-refractivity contribution in [3.8, 4) is 0 Å². The number of benzene rings is 2. The van der Waals surface area contributed by atoms with Gasteiger partial charge in [-0.25, -0.2) is 0 Å². The molecule has 0 spiro atoms. The molecule has 4 aromatic rings. The molecule has 6 nitrogen and oxygen atoms in total. The summed E-state index contributed by atoms with van der Waals surface area (Å²) in [5.41, 5.74) is 5.13. The van der Waals surface area contributed by atoms with E-state index in [1.807, 2.05) is 53.8 Å². The maximum Gasteiger partial charge on any atom is 0.254 e. The molecule has 0 saturated carbocycles. The zero-order valence-corrected chi connectivity index (χ0v) is 20.0. The van der Waals surface area contributed by atoms with Gasteiger partial charge in [-0.3, -0.25) is 14.8 Å². The first-order valence-corrected chi connectivity index (χ1v) is 12.1. The van der Waals surface area contributed by atoms with Gasteiger partial charge in [-0.15, -0.1) is 0 Å². The number of carbonyl (C=O) groups excluding carboxylic acids is 1. The Morgan fingerprint density at radius 3 is 2.89 bits per heavy atom. The Hall–Kier alpha value is -3.77. The van der Waals surface area contributed by atoms with Gasteiger partial charge in [0.05, 0.1) is 13.2 Å². The molecule has 1 aliphatic rings. The number of amides is 1. The fourth-order valence-corrected chi connectivity index (χ4v) is 4.70. The summed E-state index contributed by atoms with van der Waals surface area (Å²) < 4.78 is 5.91. The molecule has 2 aromatic heterocycles. The van der Waals surface area contributed by atoms with E-state index in [9.17, 15) is 4.79 Å². The number of hydrogen-bond donors (Lipinski definition) is 1. The molecule has 1 N–H and O–H groups in total. The highest BCUT2D eigenvalue weighted by Gasteiger charge is 2.24. The van der Waals surface area contributed by atoms with E-state index in [0.717, 1.165) is 28.6 Å². The molecule has 1 aliphatic heterocycles. The van der Waals surface area contributed by atoms with E-state index in [4.69, 9.17) is 4.74 Å². The highest BCUT2D eigenvalue weighted by molar-refractivity contribution is 5.95. The third kappa shape index (κ3) is 5.49. The SMILES string of the molecule is Cc1ccc(C(=O)N2CCOCC(Cc3cccc4cnccc34)C2)cc1NCc1cccnc1. The molecule has 0 aliphatic carbocycles. The van der Waals surface area contributed by atoms with Gasteiger partial charge in [-0.05, 0) is 59.7 Å². The topological polar surface area (TPSA) is 67.4 Å². The van der Waals surface area contributed by atoms with E-state index in [-0.39, 0.29) is 11.8 Å².